The van der Waals surface area contributed by atoms with E-state index in [1.165, 1.54) is 32.1 Å². The summed E-state index contributed by atoms with van der Waals surface area (Å²) in [6.45, 7) is 1.20. The van der Waals surface area contributed by atoms with E-state index in [-0.39, 0.29) is 6.61 Å². The van der Waals surface area contributed by atoms with Crippen LogP contribution in [0.2, 0.25) is 0 Å². The predicted molar refractivity (Wildman–Crippen MR) is 71.2 cm³/mol. The third kappa shape index (κ3) is 2.97. The summed E-state index contributed by atoms with van der Waals surface area (Å²) >= 11 is 0. The Labute approximate surface area is 108 Å². The fourth-order valence-electron chi connectivity index (χ4n) is 2.71. The highest BCUT2D eigenvalue weighted by Gasteiger charge is 2.23. The molecule has 1 fully saturated rings. The van der Waals surface area contributed by atoms with Gasteiger partial charge in [0.1, 0.15) is 0 Å². The smallest absolute Gasteiger partial charge is 0.156 e. The van der Waals surface area contributed by atoms with Gasteiger partial charge in [0.15, 0.2) is 5.82 Å². The molecule has 0 amide bonds. The molecular formula is C13H22N4O. The molecule has 0 aliphatic heterocycles. The molecule has 1 aliphatic rings. The summed E-state index contributed by atoms with van der Waals surface area (Å²) in [5.41, 5.74) is 6.76. The molecule has 5 heteroatoms. The first-order valence-corrected chi connectivity index (χ1v) is 6.75. The van der Waals surface area contributed by atoms with Crippen molar-refractivity contribution in [3.8, 4) is 0 Å². The van der Waals surface area contributed by atoms with Crippen LogP contribution < -0.4 is 10.6 Å². The van der Waals surface area contributed by atoms with Crippen molar-refractivity contribution in [2.24, 2.45) is 5.73 Å². The Morgan fingerprint density at radius 3 is 2.78 bits per heavy atom. The van der Waals surface area contributed by atoms with Gasteiger partial charge in [-0.1, -0.05) is 19.3 Å². The minimum absolute atomic E-state index is 0.136. The average Bonchev–Trinajstić information content (AvgIpc) is 2.46. The number of aliphatic hydroxyl groups excluding tert-OH is 1. The summed E-state index contributed by atoms with van der Waals surface area (Å²) < 4.78 is 0. The molecule has 0 aromatic carbocycles. The second-order valence-corrected chi connectivity index (χ2v) is 4.79. The van der Waals surface area contributed by atoms with Crippen LogP contribution in [0.3, 0.4) is 0 Å². The van der Waals surface area contributed by atoms with Gasteiger partial charge < -0.3 is 15.7 Å². The van der Waals surface area contributed by atoms with Gasteiger partial charge in [-0.25, -0.2) is 0 Å². The minimum Gasteiger partial charge on any atom is -0.395 e. The van der Waals surface area contributed by atoms with E-state index in [9.17, 15) is 5.11 Å². The zero-order valence-corrected chi connectivity index (χ0v) is 10.8. The Kier molecular flexibility index (Phi) is 4.90. The number of nitrogens with zero attached hydrogens (tertiary/aromatic N) is 3. The second kappa shape index (κ2) is 6.66. The summed E-state index contributed by atoms with van der Waals surface area (Å²) in [7, 11) is 0. The van der Waals surface area contributed by atoms with Crippen LogP contribution in [0, 0.1) is 0 Å². The monoisotopic (exact) mass is 250 g/mol. The first-order chi connectivity index (χ1) is 8.86. The maximum Gasteiger partial charge on any atom is 0.156 e. The zero-order valence-electron chi connectivity index (χ0n) is 10.8. The molecule has 1 aliphatic carbocycles. The molecule has 0 unspecified atom stereocenters. The largest absolute Gasteiger partial charge is 0.395 e. The van der Waals surface area contributed by atoms with Crippen molar-refractivity contribution in [2.45, 2.75) is 44.7 Å². The van der Waals surface area contributed by atoms with Crippen LogP contribution in [0.15, 0.2) is 12.3 Å². The lowest BCUT2D eigenvalue weighted by molar-refractivity contribution is 0.289. The van der Waals surface area contributed by atoms with Gasteiger partial charge in [-0.3, -0.25) is 0 Å². The number of rotatable bonds is 5. The molecule has 0 atom stereocenters. The number of aromatic nitrogens is 2. The number of aliphatic hydroxyl groups is 1. The van der Waals surface area contributed by atoms with Crippen molar-refractivity contribution in [2.75, 3.05) is 18.1 Å². The number of hydrogen-bond acceptors (Lipinski definition) is 5. The van der Waals surface area contributed by atoms with Gasteiger partial charge >= 0.3 is 0 Å². The molecule has 0 spiro atoms. The predicted octanol–water partition coefficient (Wildman–Crippen LogP) is 1.07. The van der Waals surface area contributed by atoms with E-state index in [1.54, 1.807) is 6.20 Å². The van der Waals surface area contributed by atoms with E-state index in [0.717, 1.165) is 11.4 Å². The van der Waals surface area contributed by atoms with Crippen molar-refractivity contribution in [3.63, 3.8) is 0 Å². The summed E-state index contributed by atoms with van der Waals surface area (Å²) in [5.74, 6) is 0.848. The second-order valence-electron chi connectivity index (χ2n) is 4.79. The number of nitrogens with two attached hydrogens (primary N) is 1. The topological polar surface area (TPSA) is 75.3 Å². The SMILES string of the molecule is NCc1ccnnc1N(CCO)C1CCCCC1. The first-order valence-electron chi connectivity index (χ1n) is 6.75. The molecular weight excluding hydrogens is 228 g/mol. The van der Waals surface area contributed by atoms with E-state index < -0.39 is 0 Å². The van der Waals surface area contributed by atoms with Crippen molar-refractivity contribution in [1.29, 1.82) is 0 Å². The molecule has 5 nitrogen and oxygen atoms in total. The quantitative estimate of drug-likeness (QED) is 0.817. The summed E-state index contributed by atoms with van der Waals surface area (Å²) in [6, 6.07) is 2.38. The van der Waals surface area contributed by atoms with Crippen molar-refractivity contribution in [3.05, 3.63) is 17.8 Å². The van der Waals surface area contributed by atoms with Crippen molar-refractivity contribution < 1.29 is 5.11 Å². The van der Waals surface area contributed by atoms with Gasteiger partial charge in [0.2, 0.25) is 0 Å². The molecule has 0 bridgehead atoms. The molecule has 100 valence electrons. The Morgan fingerprint density at radius 1 is 1.33 bits per heavy atom. The fourth-order valence-corrected chi connectivity index (χ4v) is 2.71. The highest BCUT2D eigenvalue weighted by Crippen LogP contribution is 2.27. The van der Waals surface area contributed by atoms with Gasteiger partial charge in [0, 0.05) is 24.7 Å². The van der Waals surface area contributed by atoms with Crippen LogP contribution in [0.25, 0.3) is 0 Å². The molecule has 3 N–H and O–H groups in total. The van der Waals surface area contributed by atoms with E-state index in [4.69, 9.17) is 5.73 Å². The van der Waals surface area contributed by atoms with Crippen LogP contribution in [0.4, 0.5) is 5.82 Å². The summed E-state index contributed by atoms with van der Waals surface area (Å²) in [4.78, 5) is 2.19. The molecule has 2 rings (SSSR count). The molecule has 1 saturated carbocycles. The Balaban J connectivity index is 2.22. The van der Waals surface area contributed by atoms with Gasteiger partial charge in [0.25, 0.3) is 0 Å². The minimum atomic E-state index is 0.136. The van der Waals surface area contributed by atoms with Crippen LogP contribution in [0.5, 0.6) is 0 Å². The third-order valence-corrected chi connectivity index (χ3v) is 3.63. The highest BCUT2D eigenvalue weighted by atomic mass is 16.3. The van der Waals surface area contributed by atoms with Gasteiger partial charge in [-0.2, -0.15) is 5.10 Å². The molecule has 1 aromatic rings. The number of anilines is 1. The fraction of sp³-hybridized carbons (Fsp3) is 0.692. The lowest BCUT2D eigenvalue weighted by Crippen LogP contribution is -2.40. The standard InChI is InChI=1S/C13H22N4O/c14-10-11-6-7-15-16-13(11)17(8-9-18)12-4-2-1-3-5-12/h6-7,12,18H,1-5,8-10,14H2. The Hall–Kier alpha value is -1.20. The number of hydrogen-bond donors (Lipinski definition) is 2. The van der Waals surface area contributed by atoms with Crippen LogP contribution in [-0.2, 0) is 6.54 Å². The lowest BCUT2D eigenvalue weighted by atomic mass is 9.94. The third-order valence-electron chi connectivity index (χ3n) is 3.63. The lowest BCUT2D eigenvalue weighted by Gasteiger charge is -2.35. The van der Waals surface area contributed by atoms with Crippen LogP contribution in [0.1, 0.15) is 37.7 Å². The van der Waals surface area contributed by atoms with E-state index >= 15 is 0 Å². The molecule has 18 heavy (non-hydrogen) atoms. The highest BCUT2D eigenvalue weighted by molar-refractivity contribution is 5.46. The van der Waals surface area contributed by atoms with Crippen molar-refractivity contribution >= 4 is 5.82 Å². The first kappa shape index (κ1) is 13.2. The molecule has 0 saturated heterocycles. The van der Waals surface area contributed by atoms with E-state index in [2.05, 4.69) is 15.1 Å². The van der Waals surface area contributed by atoms with E-state index in [0.29, 0.717) is 19.1 Å². The summed E-state index contributed by atoms with van der Waals surface area (Å²) in [6.07, 6.45) is 7.83. The maximum absolute atomic E-state index is 9.27. The van der Waals surface area contributed by atoms with Gasteiger partial charge in [0.05, 0.1) is 12.8 Å². The Bertz CT molecular complexity index is 366. The molecule has 1 aromatic heterocycles. The normalized spacial score (nSPS) is 16.8. The van der Waals surface area contributed by atoms with Gasteiger partial charge in [-0.05, 0) is 18.9 Å². The van der Waals surface area contributed by atoms with Gasteiger partial charge in [-0.15, -0.1) is 5.10 Å². The van der Waals surface area contributed by atoms with Crippen LogP contribution >= 0.6 is 0 Å². The maximum atomic E-state index is 9.27. The zero-order chi connectivity index (χ0) is 12.8. The summed E-state index contributed by atoms with van der Waals surface area (Å²) in [5, 5.41) is 17.5. The molecule has 1 heterocycles. The van der Waals surface area contributed by atoms with Crippen LogP contribution in [-0.4, -0.2) is 34.5 Å². The van der Waals surface area contributed by atoms with E-state index in [1.807, 2.05) is 6.07 Å². The molecule has 0 radical (unpaired) electrons. The Morgan fingerprint density at radius 2 is 2.11 bits per heavy atom. The van der Waals surface area contributed by atoms with Crippen molar-refractivity contribution in [1.82, 2.24) is 10.2 Å². The average molecular weight is 250 g/mol.